The molecule has 1 aliphatic carbocycles. The minimum absolute atomic E-state index is 0.121. The number of carboxylic acids is 1. The van der Waals surface area contributed by atoms with Gasteiger partial charge in [-0.2, -0.15) is 5.10 Å². The molecule has 3 heterocycles. The van der Waals surface area contributed by atoms with Gasteiger partial charge in [0.05, 0.1) is 0 Å². The molecule has 7 nitrogen and oxygen atoms in total. The molecule has 1 atom stereocenters. The maximum atomic E-state index is 13.7. The summed E-state index contributed by atoms with van der Waals surface area (Å²) >= 11 is 0. The van der Waals surface area contributed by atoms with Crippen molar-refractivity contribution in [3.63, 3.8) is 0 Å². The molecule has 4 rings (SSSR count). The number of aromatic nitrogens is 2. The highest BCUT2D eigenvalue weighted by molar-refractivity contribution is 5.87. The second-order valence-electron chi connectivity index (χ2n) is 8.33. The molecule has 1 N–H and O–H groups in total. The smallest absolute Gasteiger partial charge is 0.325 e. The molecule has 1 amide bonds. The van der Waals surface area contributed by atoms with Gasteiger partial charge in [0, 0.05) is 30.9 Å². The number of amides is 1. The van der Waals surface area contributed by atoms with Crippen LogP contribution in [-0.4, -0.2) is 68.3 Å². The number of hydrogen-bond acceptors (Lipinski definition) is 4. The molecule has 1 aromatic heterocycles. The number of piperidine rings is 1. The number of carbonyl (C=O) groups excluding carboxylic acids is 1. The van der Waals surface area contributed by atoms with E-state index in [1.807, 2.05) is 6.07 Å². The molecule has 0 spiro atoms. The van der Waals surface area contributed by atoms with Gasteiger partial charge >= 0.3 is 5.97 Å². The van der Waals surface area contributed by atoms with E-state index in [0.29, 0.717) is 12.5 Å². The van der Waals surface area contributed by atoms with E-state index in [-0.39, 0.29) is 18.0 Å². The summed E-state index contributed by atoms with van der Waals surface area (Å²) in [5.74, 6) is -0.403. The fourth-order valence-electron chi connectivity index (χ4n) is 5.42. The van der Waals surface area contributed by atoms with Crippen molar-refractivity contribution in [1.29, 1.82) is 0 Å². The largest absolute Gasteiger partial charge is 0.480 e. The van der Waals surface area contributed by atoms with Crippen LogP contribution >= 0.6 is 0 Å². The van der Waals surface area contributed by atoms with Crippen LogP contribution in [-0.2, 0) is 16.1 Å². The Morgan fingerprint density at radius 2 is 1.85 bits per heavy atom. The predicted octanol–water partition coefficient (Wildman–Crippen LogP) is 2.08. The molecular formula is C20H30N4O3. The van der Waals surface area contributed by atoms with Crippen molar-refractivity contribution < 1.29 is 14.7 Å². The van der Waals surface area contributed by atoms with Gasteiger partial charge in [-0.1, -0.05) is 12.8 Å². The van der Waals surface area contributed by atoms with Gasteiger partial charge < -0.3 is 10.0 Å². The summed E-state index contributed by atoms with van der Waals surface area (Å²) in [7, 11) is 0. The van der Waals surface area contributed by atoms with E-state index in [9.17, 15) is 9.59 Å². The van der Waals surface area contributed by atoms with E-state index >= 15 is 0 Å². The normalized spacial score (nSPS) is 25.8. The fourth-order valence-corrected chi connectivity index (χ4v) is 5.42. The first kappa shape index (κ1) is 18.5. The summed E-state index contributed by atoms with van der Waals surface area (Å²) in [6.45, 7) is 3.48. The first-order valence-corrected chi connectivity index (χ1v) is 10.4. The van der Waals surface area contributed by atoms with Gasteiger partial charge in [0.25, 0.3) is 0 Å². The highest BCUT2D eigenvalue weighted by atomic mass is 16.4. The summed E-state index contributed by atoms with van der Waals surface area (Å²) in [5, 5.41) is 13.3. The molecule has 1 unspecified atom stereocenters. The highest BCUT2D eigenvalue weighted by Crippen LogP contribution is 2.40. The SMILES string of the molecule is O=C(O)Cn1nccc1C1CCCN(C(=O)C2(N3CCCC3)CCCC2)C1. The molecule has 0 radical (unpaired) electrons. The monoisotopic (exact) mass is 374 g/mol. The maximum Gasteiger partial charge on any atom is 0.325 e. The summed E-state index contributed by atoms with van der Waals surface area (Å²) in [5.41, 5.74) is 0.663. The van der Waals surface area contributed by atoms with Crippen LogP contribution in [0.25, 0.3) is 0 Å². The third-order valence-corrected chi connectivity index (χ3v) is 6.70. The highest BCUT2D eigenvalue weighted by Gasteiger charge is 2.49. The third kappa shape index (κ3) is 3.49. The fraction of sp³-hybridized carbons (Fsp3) is 0.750. The Morgan fingerprint density at radius 1 is 1.11 bits per heavy atom. The zero-order valence-electron chi connectivity index (χ0n) is 16.0. The van der Waals surface area contributed by atoms with Gasteiger partial charge in [0.2, 0.25) is 5.91 Å². The van der Waals surface area contributed by atoms with Crippen LogP contribution in [0, 0.1) is 0 Å². The molecule has 27 heavy (non-hydrogen) atoms. The van der Waals surface area contributed by atoms with Crippen LogP contribution in [0.4, 0.5) is 0 Å². The summed E-state index contributed by atoms with van der Waals surface area (Å²) in [4.78, 5) is 29.3. The molecule has 1 saturated carbocycles. The number of hydrogen-bond donors (Lipinski definition) is 1. The van der Waals surface area contributed by atoms with Crippen molar-refractivity contribution in [2.24, 2.45) is 0 Å². The topological polar surface area (TPSA) is 78.7 Å². The summed E-state index contributed by atoms with van der Waals surface area (Å²) in [6, 6.07) is 1.91. The molecular weight excluding hydrogens is 344 g/mol. The van der Waals surface area contributed by atoms with Crippen LogP contribution in [0.15, 0.2) is 12.3 Å². The molecule has 2 aliphatic heterocycles. The Bertz CT molecular complexity index is 689. The second kappa shape index (κ2) is 7.62. The number of likely N-dealkylation sites (tertiary alicyclic amines) is 2. The first-order valence-electron chi connectivity index (χ1n) is 10.4. The summed E-state index contributed by atoms with van der Waals surface area (Å²) < 4.78 is 1.58. The Kier molecular flexibility index (Phi) is 5.21. The Morgan fingerprint density at radius 3 is 2.56 bits per heavy atom. The first-order chi connectivity index (χ1) is 13.1. The van der Waals surface area contributed by atoms with E-state index < -0.39 is 5.97 Å². The van der Waals surface area contributed by atoms with E-state index in [2.05, 4.69) is 14.9 Å². The minimum atomic E-state index is -0.886. The molecule has 148 valence electrons. The van der Waals surface area contributed by atoms with Gasteiger partial charge in [0.15, 0.2) is 0 Å². The van der Waals surface area contributed by atoms with Gasteiger partial charge in [-0.15, -0.1) is 0 Å². The lowest BCUT2D eigenvalue weighted by Gasteiger charge is -2.43. The number of rotatable bonds is 5. The van der Waals surface area contributed by atoms with Crippen molar-refractivity contribution in [1.82, 2.24) is 19.6 Å². The Labute approximate surface area is 160 Å². The predicted molar refractivity (Wildman–Crippen MR) is 100 cm³/mol. The van der Waals surface area contributed by atoms with Gasteiger partial charge in [-0.25, -0.2) is 0 Å². The molecule has 1 aromatic rings. The number of aliphatic carboxylic acids is 1. The molecule has 2 saturated heterocycles. The van der Waals surface area contributed by atoms with Gasteiger partial charge in [0.1, 0.15) is 12.1 Å². The van der Waals surface area contributed by atoms with Crippen LogP contribution < -0.4 is 0 Å². The Balaban J connectivity index is 1.51. The standard InChI is InChI=1S/C20H30N4O3/c25-18(26)15-24-17(7-10-21-24)16-6-5-11-22(14-16)19(27)20(8-1-2-9-20)23-12-3-4-13-23/h7,10,16H,1-6,8-9,11-15H2,(H,25,26). The van der Waals surface area contributed by atoms with Crippen molar-refractivity contribution >= 4 is 11.9 Å². The number of carboxylic acid groups (broad SMARTS) is 1. The molecule has 0 bridgehead atoms. The average Bonchev–Trinajstić information content (AvgIpc) is 3.41. The Hall–Kier alpha value is -1.89. The third-order valence-electron chi connectivity index (χ3n) is 6.70. The van der Waals surface area contributed by atoms with Crippen LogP contribution in [0.2, 0.25) is 0 Å². The average molecular weight is 374 g/mol. The molecule has 3 aliphatic rings. The lowest BCUT2D eigenvalue weighted by Crippen LogP contribution is -2.58. The van der Waals surface area contributed by atoms with Crippen LogP contribution in [0.1, 0.15) is 63.0 Å². The zero-order chi connectivity index (χ0) is 18.9. The zero-order valence-corrected chi connectivity index (χ0v) is 16.0. The molecule has 3 fully saturated rings. The quantitative estimate of drug-likeness (QED) is 0.854. The number of nitrogens with zero attached hydrogens (tertiary/aromatic N) is 4. The van der Waals surface area contributed by atoms with Gasteiger partial charge in [-0.3, -0.25) is 19.2 Å². The van der Waals surface area contributed by atoms with E-state index in [1.165, 1.54) is 12.8 Å². The molecule has 0 aromatic carbocycles. The van der Waals surface area contributed by atoms with Crippen LogP contribution in [0.5, 0.6) is 0 Å². The summed E-state index contributed by atoms with van der Waals surface area (Å²) in [6.07, 6.45) is 10.3. The van der Waals surface area contributed by atoms with Crippen molar-refractivity contribution in [2.45, 2.75) is 69.4 Å². The minimum Gasteiger partial charge on any atom is -0.480 e. The maximum absolute atomic E-state index is 13.7. The van der Waals surface area contributed by atoms with Gasteiger partial charge in [-0.05, 0) is 57.7 Å². The van der Waals surface area contributed by atoms with Crippen molar-refractivity contribution in [3.8, 4) is 0 Å². The molecule has 7 heteroatoms. The van der Waals surface area contributed by atoms with Crippen molar-refractivity contribution in [2.75, 3.05) is 26.2 Å². The van der Waals surface area contributed by atoms with E-state index in [1.54, 1.807) is 10.9 Å². The van der Waals surface area contributed by atoms with E-state index in [0.717, 1.165) is 63.9 Å². The lowest BCUT2D eigenvalue weighted by molar-refractivity contribution is -0.145. The second-order valence-corrected chi connectivity index (χ2v) is 8.33. The number of carbonyl (C=O) groups is 2. The van der Waals surface area contributed by atoms with Crippen molar-refractivity contribution in [3.05, 3.63) is 18.0 Å². The van der Waals surface area contributed by atoms with Crippen LogP contribution in [0.3, 0.4) is 0 Å². The lowest BCUT2D eigenvalue weighted by atomic mass is 9.89. The van der Waals surface area contributed by atoms with E-state index in [4.69, 9.17) is 5.11 Å².